The highest BCUT2D eigenvalue weighted by Gasteiger charge is 3.00. The lowest BCUT2D eigenvalue weighted by atomic mass is 9.46. The smallest absolute Gasteiger partial charge is 0.348 e. The summed E-state index contributed by atoms with van der Waals surface area (Å²) in [6.07, 6.45) is -23.8. The lowest BCUT2D eigenvalue weighted by Crippen LogP contribution is -2.66. The number of carbonyl (C=O) groups excluding carboxylic acids is 8. The van der Waals surface area contributed by atoms with Crippen LogP contribution >= 0.6 is 0 Å². The molecule has 0 N–H and O–H groups in total. The Kier molecular flexibility index (Phi) is 7.27. The van der Waals surface area contributed by atoms with Crippen molar-refractivity contribution in [1.29, 1.82) is 0 Å². The molecule has 12 aliphatic heterocycles. The molecule has 14 nitrogen and oxygen atoms in total. The molecule has 20 fully saturated rings. The summed E-state index contributed by atoms with van der Waals surface area (Å²) in [7, 11) is 0. The number of nitrogens with zero attached hydrogens (tertiary/aromatic N) is 4. The summed E-state index contributed by atoms with van der Waals surface area (Å²) in [5.41, 5.74) is -14.3. The van der Waals surface area contributed by atoms with E-state index in [1.165, 1.54) is 0 Å². The number of halogens is 12. The monoisotopic (exact) mass is 1060 g/mol. The van der Waals surface area contributed by atoms with Crippen LogP contribution in [0.25, 0.3) is 0 Å². The minimum absolute atomic E-state index is 0.402. The maximum atomic E-state index is 16.3. The molecule has 20 rings (SSSR count). The van der Waals surface area contributed by atoms with Crippen molar-refractivity contribution in [2.24, 2.45) is 142 Å². The van der Waals surface area contributed by atoms with Gasteiger partial charge in [-0.1, -0.05) is 0 Å². The first kappa shape index (κ1) is 44.7. The molecule has 26 heteroatoms. The van der Waals surface area contributed by atoms with E-state index in [2.05, 4.69) is 0 Å². The quantitative estimate of drug-likeness (QED) is 0.260. The van der Waals surface area contributed by atoms with Gasteiger partial charge in [0.25, 0.3) is 0 Å². The van der Waals surface area contributed by atoms with Gasteiger partial charge >= 0.3 is 24.7 Å². The average molecular weight is 1060 g/mol. The molecule has 74 heavy (non-hydrogen) atoms. The molecule has 12 saturated heterocycles. The summed E-state index contributed by atoms with van der Waals surface area (Å²) in [4.78, 5) is 118. The number of ether oxygens (including phenoxy) is 2. The number of hydrogen-bond donors (Lipinski definition) is 0. The predicted molar refractivity (Wildman–Crippen MR) is 206 cm³/mol. The third kappa shape index (κ3) is 3.90. The summed E-state index contributed by atoms with van der Waals surface area (Å²) >= 11 is 0. The van der Waals surface area contributed by atoms with E-state index >= 15 is 52.7 Å². The molecule has 20 aliphatic rings. The van der Waals surface area contributed by atoms with E-state index in [-0.39, 0.29) is 0 Å². The van der Waals surface area contributed by atoms with Crippen molar-refractivity contribution in [2.75, 3.05) is 26.2 Å². The largest absolute Gasteiger partial charge is 0.418 e. The van der Waals surface area contributed by atoms with Crippen molar-refractivity contribution >= 4 is 47.3 Å². The standard InChI is InChI=1S/C48H40F12N4O10/c49-45(50,51)41-25-9-5-10-18-17(9)33(65)61(34(18)66)1-2-62-35(67)19-11-6-12(20(19)36(62)68)28-27(11)43(47(55,56)57)31-15-8-16(32(31)44(28,74-43)48(58,59)60)24-23(15)39(71)64(40(24)72)4-3-63-37(69)21-13-7-14(22(21)38(63)70)30(29(13)41)42(73-41,26(10)25)46(52,53)54/h9-32H,1-8H2/t9-,10+,11-,12+,13+,14-,15+,16-,17-,18+,19-,20+,21+,22-,23+,24-,25-,26+,27-,28+,29+,30-,31+,32-,41?,42?,43?,44?. The van der Waals surface area contributed by atoms with Crippen LogP contribution in [0, 0.1) is 142 Å². The van der Waals surface area contributed by atoms with Crippen molar-refractivity contribution in [2.45, 2.75) is 72.8 Å². The third-order valence-corrected chi connectivity index (χ3v) is 24.6. The molecule has 4 unspecified atom stereocenters. The molecule has 0 spiro atoms. The van der Waals surface area contributed by atoms with Gasteiger partial charge in [0, 0.05) is 73.5 Å². The fourth-order valence-electron chi connectivity index (χ4n) is 23.9. The van der Waals surface area contributed by atoms with Gasteiger partial charge in [-0.25, -0.2) is 0 Å². The Morgan fingerprint density at radius 2 is 0.419 bits per heavy atom. The Morgan fingerprint density at radius 3 is 0.541 bits per heavy atom. The van der Waals surface area contributed by atoms with Crippen molar-refractivity contribution in [3.8, 4) is 0 Å². The number of alkyl halides is 12. The molecule has 0 aromatic rings. The maximum Gasteiger partial charge on any atom is 0.418 e. The van der Waals surface area contributed by atoms with Gasteiger partial charge in [-0.05, 0) is 73.0 Å². The van der Waals surface area contributed by atoms with E-state index in [0.717, 1.165) is 0 Å². The van der Waals surface area contributed by atoms with E-state index < -0.39 is 288 Å². The minimum Gasteiger partial charge on any atom is -0.348 e. The first-order valence-corrected chi connectivity index (χ1v) is 25.7. The third-order valence-electron chi connectivity index (χ3n) is 24.6. The molecule has 8 aliphatic carbocycles. The van der Waals surface area contributed by atoms with Crippen LogP contribution in [0.5, 0.6) is 0 Å². The zero-order valence-corrected chi connectivity index (χ0v) is 37.9. The number of imide groups is 4. The van der Waals surface area contributed by atoms with E-state index in [1.807, 2.05) is 0 Å². The number of carbonyl (C=O) groups is 8. The Balaban J connectivity index is 0.815. The highest BCUT2D eigenvalue weighted by molar-refractivity contribution is 6.09. The number of rotatable bonds is 0. The van der Waals surface area contributed by atoms with Gasteiger partial charge in [-0.3, -0.25) is 58.0 Å². The Labute approximate surface area is 407 Å². The summed E-state index contributed by atoms with van der Waals surface area (Å²) in [6, 6.07) is 0. The molecule has 8 amide bonds. The van der Waals surface area contributed by atoms with Crippen LogP contribution < -0.4 is 0 Å². The number of amides is 8. The van der Waals surface area contributed by atoms with Gasteiger partial charge in [0.1, 0.15) is 0 Å². The molecule has 8 saturated carbocycles. The highest BCUT2D eigenvalue weighted by atomic mass is 19.4. The minimum atomic E-state index is -5.55. The molecule has 12 heterocycles. The summed E-state index contributed by atoms with van der Waals surface area (Å²) < 4.78 is 207. The molecule has 24 bridgehead atoms. The molecular weight excluding hydrogens is 1020 g/mol. The second kappa shape index (κ2) is 12.0. The number of hydrogen-bond acceptors (Lipinski definition) is 10. The molecule has 28 atom stereocenters. The van der Waals surface area contributed by atoms with Crippen molar-refractivity contribution in [3.05, 3.63) is 0 Å². The van der Waals surface area contributed by atoms with Crippen LogP contribution in [0.15, 0.2) is 0 Å². The van der Waals surface area contributed by atoms with Crippen LogP contribution in [0.2, 0.25) is 0 Å². The first-order chi connectivity index (χ1) is 34.6. The van der Waals surface area contributed by atoms with Gasteiger partial charge < -0.3 is 9.47 Å². The van der Waals surface area contributed by atoms with E-state index in [4.69, 9.17) is 9.47 Å². The Bertz CT molecular complexity index is 2390. The Hall–Kier alpha value is -4.36. The second-order valence-corrected chi connectivity index (χ2v) is 25.3. The van der Waals surface area contributed by atoms with Gasteiger partial charge in [0.15, 0.2) is 22.4 Å². The fourth-order valence-corrected chi connectivity index (χ4v) is 23.9. The zero-order chi connectivity index (χ0) is 51.9. The van der Waals surface area contributed by atoms with E-state index in [9.17, 15) is 38.4 Å². The topological polar surface area (TPSA) is 168 Å². The van der Waals surface area contributed by atoms with Gasteiger partial charge in [-0.2, -0.15) is 52.7 Å². The SMILES string of the molecule is O=C1[C@@H]2[C@H]3C[C@H]4[C@@H]2C(=O)N1CCN1C(=O)[C@@H]2[C@H]5C[C@@H]([C@@H]2C1=O)[C@H]1[C@@H]5C2(C(F)(F)F)OC1(C(F)(F)F)[C@@H]1[C@@H]5C[C@@H]([C@@H]6C(=O)N(CCN7C(=O)[C@@H]8[C@H]9C[C@@H]([C@@H]8C7=O)[C@H]7[C@@H]9C8(C(F)(F)F)OC7(C(F)(F)F)[C@H]3[C@H]48)C(=O)[C@H]56)[C@@H]12. The lowest BCUT2D eigenvalue weighted by Gasteiger charge is -2.53. The van der Waals surface area contributed by atoms with Crippen LogP contribution in [0.1, 0.15) is 25.7 Å². The van der Waals surface area contributed by atoms with E-state index in [0.29, 0.717) is 19.6 Å². The fraction of sp³-hybridized carbons (Fsp3) is 0.833. The molecular formula is C48H40F12N4O10. The Morgan fingerprint density at radius 1 is 0.284 bits per heavy atom. The van der Waals surface area contributed by atoms with Crippen molar-refractivity contribution < 1.29 is 101 Å². The van der Waals surface area contributed by atoms with Gasteiger partial charge in [0.05, 0.1) is 47.3 Å². The van der Waals surface area contributed by atoms with Crippen molar-refractivity contribution in [3.63, 3.8) is 0 Å². The molecule has 0 aromatic carbocycles. The maximum absolute atomic E-state index is 16.3. The summed E-state index contributed by atoms with van der Waals surface area (Å²) in [5.74, 6) is -49.8. The van der Waals surface area contributed by atoms with Gasteiger partial charge in [-0.15, -0.1) is 0 Å². The van der Waals surface area contributed by atoms with E-state index in [1.54, 1.807) is 0 Å². The van der Waals surface area contributed by atoms with Crippen LogP contribution in [0.3, 0.4) is 0 Å². The predicted octanol–water partition coefficient (Wildman–Crippen LogP) is 3.23. The molecule has 396 valence electrons. The van der Waals surface area contributed by atoms with Crippen LogP contribution in [-0.4, -0.2) is 140 Å². The summed E-state index contributed by atoms with van der Waals surface area (Å²) in [5, 5.41) is 0. The molecule has 0 aromatic heterocycles. The normalized spacial score (nSPS) is 57.8. The van der Waals surface area contributed by atoms with Crippen molar-refractivity contribution in [1.82, 2.24) is 19.6 Å². The first-order valence-electron chi connectivity index (χ1n) is 25.7. The van der Waals surface area contributed by atoms with Crippen LogP contribution in [0.4, 0.5) is 52.7 Å². The zero-order valence-electron chi connectivity index (χ0n) is 37.9. The summed E-state index contributed by atoms with van der Waals surface area (Å²) in [6.45, 7) is -3.27. The van der Waals surface area contributed by atoms with Gasteiger partial charge in [0.2, 0.25) is 47.3 Å². The molecule has 0 radical (unpaired) electrons. The average Bonchev–Trinajstić information content (AvgIpc) is 4.29. The second-order valence-electron chi connectivity index (χ2n) is 25.3. The highest BCUT2D eigenvalue weighted by Crippen LogP contribution is 2.89. The lowest BCUT2D eigenvalue weighted by molar-refractivity contribution is -0.330. The van der Waals surface area contributed by atoms with Crippen LogP contribution in [-0.2, 0) is 47.8 Å².